The molecule has 0 aromatic heterocycles. The molecule has 0 saturated carbocycles. The molecule has 10 nitrogen and oxygen atoms in total. The Morgan fingerprint density at radius 2 is 1.46 bits per heavy atom. The number of ether oxygens (including phenoxy) is 2. The van der Waals surface area contributed by atoms with Crippen LogP contribution in [0.5, 0.6) is 0 Å². The number of carbonyl (C=O) groups excluding carboxylic acids is 1. The number of nitrogens with one attached hydrogen (secondary N) is 2. The number of para-hydroxylation sites is 1. The first kappa shape index (κ1) is 38.0. The molecule has 1 amide bonds. The van der Waals surface area contributed by atoms with E-state index in [0.29, 0.717) is 13.2 Å². The second kappa shape index (κ2) is 16.3. The molecule has 11 heteroatoms. The first-order valence-electron chi connectivity index (χ1n) is 19.3. The number of amides is 1. The van der Waals surface area contributed by atoms with Gasteiger partial charge in [0.25, 0.3) is 0 Å². The Morgan fingerprint density at radius 3 is 2.18 bits per heavy atom. The van der Waals surface area contributed by atoms with E-state index in [9.17, 15) is 18.3 Å². The van der Waals surface area contributed by atoms with Crippen LogP contribution in [0.4, 0.5) is 5.69 Å². The molecular formula is C45H48N4O6S. The van der Waals surface area contributed by atoms with E-state index in [0.717, 1.165) is 65.0 Å². The highest BCUT2D eigenvalue weighted by molar-refractivity contribution is 7.89. The third kappa shape index (κ3) is 7.88. The summed E-state index contributed by atoms with van der Waals surface area (Å²) in [5.41, 5.74) is 5.97. The maximum absolute atomic E-state index is 13.3. The number of hydrogen-bond acceptors (Lipinski definition) is 8. The Labute approximate surface area is 329 Å². The summed E-state index contributed by atoms with van der Waals surface area (Å²) in [4.78, 5) is 18.2. The number of piperidine rings is 1. The van der Waals surface area contributed by atoms with Crippen molar-refractivity contribution in [3.63, 3.8) is 0 Å². The number of nitrogens with zero attached hydrogens (tertiary/aromatic N) is 2. The Balaban J connectivity index is 1.01. The van der Waals surface area contributed by atoms with Crippen LogP contribution in [0.1, 0.15) is 54.4 Å². The highest BCUT2D eigenvalue weighted by atomic mass is 32.2. The van der Waals surface area contributed by atoms with E-state index in [-0.39, 0.29) is 42.1 Å². The number of benzene rings is 5. The van der Waals surface area contributed by atoms with E-state index in [4.69, 9.17) is 9.47 Å². The van der Waals surface area contributed by atoms with Gasteiger partial charge in [-0.05, 0) is 77.1 Å². The third-order valence-electron chi connectivity index (χ3n) is 11.6. The molecular weight excluding hydrogens is 725 g/mol. The van der Waals surface area contributed by atoms with Crippen LogP contribution in [0.15, 0.2) is 138 Å². The van der Waals surface area contributed by atoms with E-state index in [1.54, 1.807) is 30.3 Å². The van der Waals surface area contributed by atoms with Gasteiger partial charge < -0.3 is 29.7 Å². The lowest BCUT2D eigenvalue weighted by Crippen LogP contribution is -2.57. The number of carbonyl (C=O) groups is 1. The number of hydrogen-bond donors (Lipinski definition) is 3. The van der Waals surface area contributed by atoms with Gasteiger partial charge in [-0.1, -0.05) is 104 Å². The summed E-state index contributed by atoms with van der Waals surface area (Å²) in [5, 5.41) is 12.8. The molecule has 3 fully saturated rings. The molecule has 290 valence electrons. The fraction of sp³-hybridized carbons (Fsp3) is 0.311. The molecule has 0 aliphatic carbocycles. The first-order chi connectivity index (χ1) is 27.2. The third-order valence-corrected chi connectivity index (χ3v) is 13.0. The van der Waals surface area contributed by atoms with Gasteiger partial charge in [-0.3, -0.25) is 4.79 Å². The Hall–Kier alpha value is -4.88. The molecule has 0 radical (unpaired) electrons. The van der Waals surface area contributed by atoms with Crippen LogP contribution in [0, 0.1) is 5.92 Å². The smallest absolute Gasteiger partial charge is 0.247 e. The van der Waals surface area contributed by atoms with Crippen LogP contribution in [-0.4, -0.2) is 62.3 Å². The van der Waals surface area contributed by atoms with Crippen molar-refractivity contribution in [3.8, 4) is 11.1 Å². The number of sulfonamides is 1. The van der Waals surface area contributed by atoms with Crippen LogP contribution in [0.2, 0.25) is 0 Å². The highest BCUT2D eigenvalue weighted by Crippen LogP contribution is 2.43. The summed E-state index contributed by atoms with van der Waals surface area (Å²) in [6, 6.07) is 42.5. The van der Waals surface area contributed by atoms with Gasteiger partial charge in [0.05, 0.1) is 30.4 Å². The van der Waals surface area contributed by atoms with Crippen LogP contribution in [-0.2, 0) is 37.4 Å². The Bertz CT molecular complexity index is 2230. The van der Waals surface area contributed by atoms with Crippen LogP contribution in [0.3, 0.4) is 0 Å². The minimum Gasteiger partial charge on any atom is -0.392 e. The van der Waals surface area contributed by atoms with E-state index in [1.807, 2.05) is 84.9 Å². The molecule has 5 aromatic carbocycles. The summed E-state index contributed by atoms with van der Waals surface area (Å²) < 4.78 is 42.2. The molecule has 56 heavy (non-hydrogen) atoms. The van der Waals surface area contributed by atoms with Gasteiger partial charge in [-0.25, -0.2) is 13.1 Å². The monoisotopic (exact) mass is 772 g/mol. The fourth-order valence-electron chi connectivity index (χ4n) is 8.31. The minimum absolute atomic E-state index is 0.0113. The van der Waals surface area contributed by atoms with Crippen LogP contribution < -0.4 is 14.9 Å². The van der Waals surface area contributed by atoms with Crippen LogP contribution >= 0.6 is 0 Å². The molecule has 3 heterocycles. The first-order valence-corrected chi connectivity index (χ1v) is 20.8. The van der Waals surface area contributed by atoms with Crippen molar-refractivity contribution in [1.82, 2.24) is 14.9 Å². The minimum atomic E-state index is -3.65. The summed E-state index contributed by atoms with van der Waals surface area (Å²) in [6.07, 6.45) is 0.356. The maximum atomic E-state index is 13.3. The molecule has 4 atom stereocenters. The van der Waals surface area contributed by atoms with E-state index >= 15 is 0 Å². The SMILES string of the molecule is C[C@@H]1[C@H](CN2CCC3(CC2)C(=O)NCN3c2ccccc2)O[C@H](c2cccc(-c3cccc(CNS(=O)(=O)c4ccccc4)c3)c2)O[C@@H]1c1ccc(CO)cc1. The van der Waals surface area contributed by atoms with Gasteiger partial charge in [-0.15, -0.1) is 0 Å². The number of likely N-dealkylation sites (tertiary alicyclic amines) is 1. The quantitative estimate of drug-likeness (QED) is 0.139. The van der Waals surface area contributed by atoms with Gasteiger partial charge in [-0.2, -0.15) is 0 Å². The number of rotatable bonds is 11. The van der Waals surface area contributed by atoms with Gasteiger partial charge in [0.2, 0.25) is 15.9 Å². The van der Waals surface area contributed by atoms with Crippen molar-refractivity contribution >= 4 is 21.6 Å². The van der Waals surface area contributed by atoms with Crippen molar-refractivity contribution in [2.45, 2.75) is 61.8 Å². The van der Waals surface area contributed by atoms with Crippen molar-refractivity contribution in [2.24, 2.45) is 5.92 Å². The van der Waals surface area contributed by atoms with Gasteiger partial charge in [0.1, 0.15) is 5.54 Å². The van der Waals surface area contributed by atoms with E-state index in [1.165, 1.54) is 0 Å². The standard InChI is InChI=1S/C45H48N4O6S/c1-32-41(29-48-24-22-45(23-25-48)44(51)46-31-49(45)39-14-4-2-5-15-39)54-43(55-42(32)35-20-18-33(30-50)19-21-35)38-13-9-12-37(27-38)36-11-8-10-34(26-36)28-47-56(52,53)40-16-6-3-7-17-40/h2-21,26-27,32,41-43,47,50H,22-25,28-31H2,1H3,(H,46,51)/t32-,41+,42+,43+/m1/s1. The molecule has 0 unspecified atom stereocenters. The summed E-state index contributed by atoms with van der Waals surface area (Å²) in [6.45, 7) is 5.03. The van der Waals surface area contributed by atoms with Crippen molar-refractivity contribution in [2.75, 3.05) is 31.2 Å². The Kier molecular flexibility index (Phi) is 11.1. The molecule has 5 aromatic rings. The average Bonchev–Trinajstić information content (AvgIpc) is 3.56. The molecule has 0 bridgehead atoms. The zero-order valence-corrected chi connectivity index (χ0v) is 32.3. The second-order valence-electron chi connectivity index (χ2n) is 15.0. The number of aliphatic hydroxyl groups is 1. The van der Waals surface area contributed by atoms with Crippen molar-refractivity contribution in [1.29, 1.82) is 0 Å². The van der Waals surface area contributed by atoms with Gasteiger partial charge >= 0.3 is 0 Å². The molecule has 3 saturated heterocycles. The summed E-state index contributed by atoms with van der Waals surface area (Å²) >= 11 is 0. The molecule has 3 aliphatic heterocycles. The Morgan fingerprint density at radius 1 is 0.786 bits per heavy atom. The predicted octanol–water partition coefficient (Wildman–Crippen LogP) is 6.54. The topological polar surface area (TPSA) is 120 Å². The lowest BCUT2D eigenvalue weighted by molar-refractivity contribution is -0.276. The lowest BCUT2D eigenvalue weighted by Gasteiger charge is -2.46. The highest BCUT2D eigenvalue weighted by Gasteiger charge is 2.51. The second-order valence-corrected chi connectivity index (χ2v) is 16.8. The number of aliphatic hydroxyl groups excluding tert-OH is 1. The van der Waals surface area contributed by atoms with Crippen molar-refractivity contribution in [3.05, 3.63) is 156 Å². The molecule has 3 aliphatic rings. The fourth-order valence-corrected chi connectivity index (χ4v) is 9.35. The zero-order valence-electron chi connectivity index (χ0n) is 31.5. The summed E-state index contributed by atoms with van der Waals surface area (Å²) in [7, 11) is -3.65. The zero-order chi connectivity index (χ0) is 38.7. The molecule has 8 rings (SSSR count). The van der Waals surface area contributed by atoms with E-state index in [2.05, 4.69) is 45.0 Å². The molecule has 1 spiro atoms. The van der Waals surface area contributed by atoms with Gasteiger partial charge in [0.15, 0.2) is 6.29 Å². The summed E-state index contributed by atoms with van der Waals surface area (Å²) in [5.74, 6) is 0.110. The van der Waals surface area contributed by atoms with E-state index < -0.39 is 21.9 Å². The van der Waals surface area contributed by atoms with Crippen molar-refractivity contribution < 1.29 is 27.8 Å². The van der Waals surface area contributed by atoms with Gasteiger partial charge in [0, 0.05) is 43.3 Å². The lowest BCUT2D eigenvalue weighted by atomic mass is 9.84. The largest absolute Gasteiger partial charge is 0.392 e. The molecule has 3 N–H and O–H groups in total. The maximum Gasteiger partial charge on any atom is 0.247 e. The average molecular weight is 773 g/mol. The normalized spacial score (nSPS) is 22.6. The van der Waals surface area contributed by atoms with Crippen LogP contribution in [0.25, 0.3) is 11.1 Å². The number of anilines is 1. The predicted molar refractivity (Wildman–Crippen MR) is 216 cm³/mol.